The predicted octanol–water partition coefficient (Wildman–Crippen LogP) is 1.43. The van der Waals surface area contributed by atoms with Gasteiger partial charge in [0, 0.05) is 12.6 Å². The number of nitrogens with two attached hydrogens (primary N) is 1. The van der Waals surface area contributed by atoms with E-state index in [0.717, 1.165) is 12.5 Å². The summed E-state index contributed by atoms with van der Waals surface area (Å²) in [5.74, 6) is 7.17. The van der Waals surface area contributed by atoms with Crippen molar-refractivity contribution in [3.63, 3.8) is 0 Å². The van der Waals surface area contributed by atoms with Gasteiger partial charge < -0.3 is 4.74 Å². The summed E-state index contributed by atoms with van der Waals surface area (Å²) in [5.41, 5.74) is 2.95. The van der Waals surface area contributed by atoms with Crippen molar-refractivity contribution in [2.45, 2.75) is 51.2 Å². The molecule has 1 heterocycles. The Morgan fingerprint density at radius 2 is 2.21 bits per heavy atom. The van der Waals surface area contributed by atoms with Crippen molar-refractivity contribution in [3.8, 4) is 0 Å². The van der Waals surface area contributed by atoms with Crippen LogP contribution in [0.1, 0.15) is 39.0 Å². The third kappa shape index (κ3) is 2.10. The smallest absolute Gasteiger partial charge is 0.0767 e. The molecule has 0 bridgehead atoms. The Bertz CT molecular complexity index is 182. The molecule has 0 aromatic carbocycles. The van der Waals surface area contributed by atoms with Gasteiger partial charge in [-0.3, -0.25) is 11.3 Å². The van der Waals surface area contributed by atoms with E-state index in [9.17, 15) is 0 Å². The van der Waals surface area contributed by atoms with Crippen LogP contribution in [0.4, 0.5) is 0 Å². The zero-order chi connectivity index (χ0) is 9.97. The molecule has 1 aliphatic carbocycles. The van der Waals surface area contributed by atoms with Crippen LogP contribution in [0.15, 0.2) is 0 Å². The third-order valence-corrected chi connectivity index (χ3v) is 3.87. The number of rotatable bonds is 4. The van der Waals surface area contributed by atoms with Crippen LogP contribution in [-0.4, -0.2) is 18.8 Å². The predicted molar refractivity (Wildman–Crippen MR) is 56.6 cm³/mol. The minimum atomic E-state index is 0.348. The second-order valence-electron chi connectivity index (χ2n) is 4.91. The summed E-state index contributed by atoms with van der Waals surface area (Å²) >= 11 is 0. The number of nitrogens with one attached hydrogen (secondary N) is 1. The fraction of sp³-hybridized carbons (Fsp3) is 1.00. The van der Waals surface area contributed by atoms with Gasteiger partial charge in [0.2, 0.25) is 0 Å². The molecular formula is C11H22N2O. The van der Waals surface area contributed by atoms with Gasteiger partial charge in [-0.05, 0) is 24.7 Å². The first kappa shape index (κ1) is 10.4. The first-order valence-corrected chi connectivity index (χ1v) is 5.89. The molecule has 0 spiro atoms. The van der Waals surface area contributed by atoms with Crippen molar-refractivity contribution >= 4 is 0 Å². The van der Waals surface area contributed by atoms with Crippen LogP contribution in [0.25, 0.3) is 0 Å². The van der Waals surface area contributed by atoms with Gasteiger partial charge in [0.05, 0.1) is 6.10 Å². The SMILES string of the molecule is CC1CCOC1C(CC1CCC1)NN. The average Bonchev–Trinajstić information content (AvgIpc) is 2.51. The molecule has 1 saturated carbocycles. The van der Waals surface area contributed by atoms with Crippen LogP contribution in [0.2, 0.25) is 0 Å². The number of hydrogen-bond acceptors (Lipinski definition) is 3. The van der Waals surface area contributed by atoms with E-state index in [-0.39, 0.29) is 0 Å². The molecule has 1 saturated heterocycles. The van der Waals surface area contributed by atoms with Gasteiger partial charge in [-0.25, -0.2) is 0 Å². The molecule has 3 N–H and O–H groups in total. The highest BCUT2D eigenvalue weighted by molar-refractivity contribution is 4.86. The van der Waals surface area contributed by atoms with Crippen LogP contribution >= 0.6 is 0 Å². The lowest BCUT2D eigenvalue weighted by atomic mass is 9.79. The maximum atomic E-state index is 5.75. The van der Waals surface area contributed by atoms with Crippen molar-refractivity contribution in [1.82, 2.24) is 5.43 Å². The van der Waals surface area contributed by atoms with Crippen molar-refractivity contribution < 1.29 is 4.74 Å². The molecule has 82 valence electrons. The van der Waals surface area contributed by atoms with E-state index in [1.165, 1.54) is 32.1 Å². The van der Waals surface area contributed by atoms with Gasteiger partial charge in [0.15, 0.2) is 0 Å². The molecule has 0 amide bonds. The summed E-state index contributed by atoms with van der Waals surface area (Å²) < 4.78 is 5.75. The molecule has 0 radical (unpaired) electrons. The highest BCUT2D eigenvalue weighted by Gasteiger charge is 2.33. The maximum Gasteiger partial charge on any atom is 0.0767 e. The van der Waals surface area contributed by atoms with Crippen LogP contribution in [-0.2, 0) is 4.74 Å². The molecule has 2 fully saturated rings. The lowest BCUT2D eigenvalue weighted by Crippen LogP contribution is -2.47. The monoisotopic (exact) mass is 198 g/mol. The zero-order valence-corrected chi connectivity index (χ0v) is 9.04. The van der Waals surface area contributed by atoms with Gasteiger partial charge in [-0.2, -0.15) is 0 Å². The molecule has 0 aromatic heterocycles. The van der Waals surface area contributed by atoms with E-state index in [2.05, 4.69) is 12.3 Å². The zero-order valence-electron chi connectivity index (χ0n) is 9.04. The summed E-state index contributed by atoms with van der Waals surface area (Å²) in [6.45, 7) is 3.18. The van der Waals surface area contributed by atoms with Gasteiger partial charge in [-0.15, -0.1) is 0 Å². The van der Waals surface area contributed by atoms with Crippen molar-refractivity contribution in [2.75, 3.05) is 6.61 Å². The minimum Gasteiger partial charge on any atom is -0.376 e. The Morgan fingerprint density at radius 3 is 2.64 bits per heavy atom. The summed E-state index contributed by atoms with van der Waals surface area (Å²) in [5, 5.41) is 0. The Kier molecular flexibility index (Phi) is 3.42. The van der Waals surface area contributed by atoms with Crippen molar-refractivity contribution in [1.29, 1.82) is 0 Å². The van der Waals surface area contributed by atoms with Crippen LogP contribution in [0.5, 0.6) is 0 Å². The fourth-order valence-electron chi connectivity index (χ4n) is 2.62. The minimum absolute atomic E-state index is 0.348. The van der Waals surface area contributed by atoms with Gasteiger partial charge in [0.1, 0.15) is 0 Å². The quantitative estimate of drug-likeness (QED) is 0.531. The summed E-state index contributed by atoms with van der Waals surface area (Å²) in [4.78, 5) is 0. The first-order chi connectivity index (χ1) is 6.81. The normalized spacial score (nSPS) is 35.6. The van der Waals surface area contributed by atoms with Crippen LogP contribution < -0.4 is 11.3 Å². The summed E-state index contributed by atoms with van der Waals surface area (Å²) in [7, 11) is 0. The molecule has 3 atom stereocenters. The molecule has 3 nitrogen and oxygen atoms in total. The number of ether oxygens (including phenoxy) is 1. The van der Waals surface area contributed by atoms with Crippen molar-refractivity contribution in [2.24, 2.45) is 17.7 Å². The second-order valence-corrected chi connectivity index (χ2v) is 4.91. The molecule has 0 aromatic rings. The van der Waals surface area contributed by atoms with Crippen LogP contribution in [0, 0.1) is 11.8 Å². The molecule has 14 heavy (non-hydrogen) atoms. The average molecular weight is 198 g/mol. The fourth-order valence-corrected chi connectivity index (χ4v) is 2.62. The molecule has 2 rings (SSSR count). The lowest BCUT2D eigenvalue weighted by Gasteiger charge is -2.33. The van der Waals surface area contributed by atoms with Crippen LogP contribution in [0.3, 0.4) is 0 Å². The van der Waals surface area contributed by atoms with E-state index in [1.807, 2.05) is 0 Å². The van der Waals surface area contributed by atoms with Gasteiger partial charge in [-0.1, -0.05) is 26.2 Å². The van der Waals surface area contributed by atoms with Gasteiger partial charge in [0.25, 0.3) is 0 Å². The standard InChI is InChI=1S/C11H22N2O/c1-8-5-6-14-11(8)10(13-12)7-9-3-2-4-9/h8-11,13H,2-7,12H2,1H3. The van der Waals surface area contributed by atoms with E-state index in [0.29, 0.717) is 18.1 Å². The highest BCUT2D eigenvalue weighted by Crippen LogP contribution is 2.33. The molecule has 1 aliphatic heterocycles. The Balaban J connectivity index is 1.84. The first-order valence-electron chi connectivity index (χ1n) is 5.89. The summed E-state index contributed by atoms with van der Waals surface area (Å²) in [6, 6.07) is 0.373. The number of hydrogen-bond donors (Lipinski definition) is 2. The van der Waals surface area contributed by atoms with E-state index in [1.54, 1.807) is 0 Å². The Labute approximate surface area is 86.4 Å². The molecule has 3 unspecified atom stereocenters. The van der Waals surface area contributed by atoms with Gasteiger partial charge >= 0.3 is 0 Å². The van der Waals surface area contributed by atoms with E-state index >= 15 is 0 Å². The summed E-state index contributed by atoms with van der Waals surface area (Å²) in [6.07, 6.45) is 6.92. The molecule has 2 aliphatic rings. The molecular weight excluding hydrogens is 176 g/mol. The lowest BCUT2D eigenvalue weighted by molar-refractivity contribution is 0.0473. The highest BCUT2D eigenvalue weighted by atomic mass is 16.5. The topological polar surface area (TPSA) is 47.3 Å². The largest absolute Gasteiger partial charge is 0.376 e. The maximum absolute atomic E-state index is 5.75. The third-order valence-electron chi connectivity index (χ3n) is 3.87. The number of hydrazine groups is 1. The van der Waals surface area contributed by atoms with E-state index < -0.39 is 0 Å². The Morgan fingerprint density at radius 1 is 1.43 bits per heavy atom. The Hall–Kier alpha value is -0.120. The van der Waals surface area contributed by atoms with Crippen molar-refractivity contribution in [3.05, 3.63) is 0 Å². The molecule has 3 heteroatoms. The van der Waals surface area contributed by atoms with E-state index in [4.69, 9.17) is 10.6 Å². The second kappa shape index (κ2) is 4.60.